The first kappa shape index (κ1) is 12.8. The normalized spacial score (nSPS) is 20.5. The Labute approximate surface area is 120 Å². The molecule has 0 spiro atoms. The molecule has 102 valence electrons. The van der Waals surface area contributed by atoms with Gasteiger partial charge in [0.05, 0.1) is 11.4 Å². The molecular weight excluding hydrogens is 276 g/mol. The molecule has 1 saturated heterocycles. The van der Waals surface area contributed by atoms with Crippen molar-refractivity contribution in [2.75, 3.05) is 13.3 Å². The van der Waals surface area contributed by atoms with Crippen LogP contribution in [0.15, 0.2) is 40.8 Å². The summed E-state index contributed by atoms with van der Waals surface area (Å²) in [5.74, 6) is 1.28. The maximum absolute atomic E-state index is 11.8. The van der Waals surface area contributed by atoms with Gasteiger partial charge in [-0.05, 0) is 35.5 Å². The number of ether oxygens (including phenoxy) is 2. The van der Waals surface area contributed by atoms with Crippen molar-refractivity contribution in [3.05, 3.63) is 41.3 Å². The van der Waals surface area contributed by atoms with Gasteiger partial charge in [0.1, 0.15) is 0 Å². The molecule has 1 amide bonds. The molecule has 1 aromatic rings. The molecular formula is C14H12N2O3S. The Morgan fingerprint density at radius 1 is 1.40 bits per heavy atom. The van der Waals surface area contributed by atoms with Crippen LogP contribution in [0, 0.1) is 0 Å². The fourth-order valence-electron chi connectivity index (χ4n) is 1.80. The lowest BCUT2D eigenvalue weighted by molar-refractivity contribution is -0.115. The fourth-order valence-corrected chi connectivity index (χ4v) is 2.63. The zero-order chi connectivity index (χ0) is 13.9. The summed E-state index contributed by atoms with van der Waals surface area (Å²) in [7, 11) is 0. The number of thioether (sulfide) groups is 1. The second kappa shape index (κ2) is 5.42. The van der Waals surface area contributed by atoms with E-state index < -0.39 is 0 Å². The van der Waals surface area contributed by atoms with E-state index in [1.807, 2.05) is 18.2 Å². The summed E-state index contributed by atoms with van der Waals surface area (Å²) < 4.78 is 10.6. The lowest BCUT2D eigenvalue weighted by Crippen LogP contribution is -2.19. The Hall–Kier alpha value is -2.21. The van der Waals surface area contributed by atoms with Crippen LogP contribution in [0.3, 0.4) is 0 Å². The van der Waals surface area contributed by atoms with Crippen LogP contribution in [0.2, 0.25) is 0 Å². The first-order chi connectivity index (χ1) is 9.76. The SMILES string of the molecule is C=CCN=C1NC(=O)C(=Cc2ccc3c(c2)OCO3)S1. The molecule has 0 aliphatic carbocycles. The number of rotatable bonds is 3. The summed E-state index contributed by atoms with van der Waals surface area (Å²) >= 11 is 1.32. The Morgan fingerprint density at radius 2 is 2.25 bits per heavy atom. The summed E-state index contributed by atoms with van der Waals surface area (Å²) in [4.78, 5) is 16.6. The molecule has 1 fully saturated rings. The zero-order valence-corrected chi connectivity index (χ0v) is 11.4. The molecule has 2 aliphatic heterocycles. The highest BCUT2D eigenvalue weighted by Gasteiger charge is 2.23. The number of carbonyl (C=O) groups excluding carboxylic acids is 1. The van der Waals surface area contributed by atoms with Crippen LogP contribution in [0.5, 0.6) is 11.5 Å². The number of nitrogens with zero attached hydrogens (tertiary/aromatic N) is 1. The second-order valence-electron chi connectivity index (χ2n) is 4.11. The Balaban J connectivity index is 1.82. The second-order valence-corrected chi connectivity index (χ2v) is 5.14. The van der Waals surface area contributed by atoms with Crippen LogP contribution >= 0.6 is 11.8 Å². The molecule has 3 rings (SSSR count). The Morgan fingerprint density at radius 3 is 3.10 bits per heavy atom. The van der Waals surface area contributed by atoms with Crippen LogP contribution in [0.1, 0.15) is 5.56 Å². The summed E-state index contributed by atoms with van der Waals surface area (Å²) in [6.45, 7) is 4.32. The highest BCUT2D eigenvalue weighted by Crippen LogP contribution is 2.34. The van der Waals surface area contributed by atoms with Gasteiger partial charge in [0.25, 0.3) is 5.91 Å². The zero-order valence-electron chi connectivity index (χ0n) is 10.6. The van der Waals surface area contributed by atoms with Crippen molar-refractivity contribution >= 4 is 28.9 Å². The van der Waals surface area contributed by atoms with E-state index in [0.717, 1.165) is 11.3 Å². The van der Waals surface area contributed by atoms with Crippen molar-refractivity contribution < 1.29 is 14.3 Å². The van der Waals surface area contributed by atoms with Crippen LogP contribution in [-0.2, 0) is 4.79 Å². The van der Waals surface area contributed by atoms with Gasteiger partial charge >= 0.3 is 0 Å². The topological polar surface area (TPSA) is 59.9 Å². The molecule has 0 bridgehead atoms. The minimum atomic E-state index is -0.143. The molecule has 0 saturated carbocycles. The third-order valence-corrected chi connectivity index (χ3v) is 3.66. The first-order valence-electron chi connectivity index (χ1n) is 6.02. The molecule has 1 N–H and O–H groups in total. The minimum Gasteiger partial charge on any atom is -0.454 e. The van der Waals surface area contributed by atoms with Crippen LogP contribution in [-0.4, -0.2) is 24.4 Å². The van der Waals surface area contributed by atoms with E-state index in [2.05, 4.69) is 16.9 Å². The molecule has 20 heavy (non-hydrogen) atoms. The number of hydrogen-bond acceptors (Lipinski definition) is 5. The molecule has 2 heterocycles. The highest BCUT2D eigenvalue weighted by atomic mass is 32.2. The summed E-state index contributed by atoms with van der Waals surface area (Å²) in [6, 6.07) is 5.56. The van der Waals surface area contributed by atoms with Crippen molar-refractivity contribution in [1.29, 1.82) is 0 Å². The maximum atomic E-state index is 11.8. The number of amides is 1. The third kappa shape index (κ3) is 2.55. The summed E-state index contributed by atoms with van der Waals surface area (Å²) in [6.07, 6.45) is 3.48. The van der Waals surface area contributed by atoms with Gasteiger partial charge in [-0.15, -0.1) is 6.58 Å². The van der Waals surface area contributed by atoms with Gasteiger partial charge in [-0.25, -0.2) is 0 Å². The number of carbonyl (C=O) groups is 1. The maximum Gasteiger partial charge on any atom is 0.264 e. The van der Waals surface area contributed by atoms with Gasteiger partial charge in [0.15, 0.2) is 16.7 Å². The number of fused-ring (bicyclic) bond motifs is 1. The van der Waals surface area contributed by atoms with Crippen LogP contribution in [0.25, 0.3) is 6.08 Å². The fraction of sp³-hybridized carbons (Fsp3) is 0.143. The monoisotopic (exact) mass is 288 g/mol. The smallest absolute Gasteiger partial charge is 0.264 e. The molecule has 2 aliphatic rings. The predicted octanol–water partition coefficient (Wildman–Crippen LogP) is 2.16. The average Bonchev–Trinajstić information content (AvgIpc) is 3.03. The molecule has 1 aromatic carbocycles. The van der Waals surface area contributed by atoms with Gasteiger partial charge in [0.2, 0.25) is 6.79 Å². The van der Waals surface area contributed by atoms with E-state index >= 15 is 0 Å². The minimum absolute atomic E-state index is 0.143. The van der Waals surface area contributed by atoms with Crippen molar-refractivity contribution in [3.8, 4) is 11.5 Å². The molecule has 0 aromatic heterocycles. The number of aliphatic imine (C=N–C) groups is 1. The predicted molar refractivity (Wildman–Crippen MR) is 78.8 cm³/mol. The largest absolute Gasteiger partial charge is 0.454 e. The quantitative estimate of drug-likeness (QED) is 0.684. The summed E-state index contributed by atoms with van der Waals surface area (Å²) in [5.41, 5.74) is 0.886. The first-order valence-corrected chi connectivity index (χ1v) is 6.84. The number of nitrogens with one attached hydrogen (secondary N) is 1. The molecule has 0 radical (unpaired) electrons. The third-order valence-electron chi connectivity index (χ3n) is 2.71. The van der Waals surface area contributed by atoms with Crippen molar-refractivity contribution in [3.63, 3.8) is 0 Å². The van der Waals surface area contributed by atoms with Gasteiger partial charge in [-0.3, -0.25) is 9.79 Å². The van der Waals surface area contributed by atoms with Crippen LogP contribution < -0.4 is 14.8 Å². The molecule has 0 atom stereocenters. The van der Waals surface area contributed by atoms with E-state index in [4.69, 9.17) is 9.47 Å². The number of benzene rings is 1. The highest BCUT2D eigenvalue weighted by molar-refractivity contribution is 8.18. The lowest BCUT2D eigenvalue weighted by Gasteiger charge is -1.98. The van der Waals surface area contributed by atoms with E-state index in [-0.39, 0.29) is 12.7 Å². The number of amidine groups is 1. The van der Waals surface area contributed by atoms with Gasteiger partial charge in [-0.2, -0.15) is 0 Å². The van der Waals surface area contributed by atoms with E-state index in [0.29, 0.717) is 22.4 Å². The molecule has 6 heteroatoms. The Bertz CT molecular complexity index is 637. The van der Waals surface area contributed by atoms with Crippen molar-refractivity contribution in [1.82, 2.24) is 5.32 Å². The van der Waals surface area contributed by atoms with E-state index in [1.165, 1.54) is 11.8 Å². The molecule has 0 unspecified atom stereocenters. The average molecular weight is 288 g/mol. The van der Waals surface area contributed by atoms with Crippen molar-refractivity contribution in [2.24, 2.45) is 4.99 Å². The van der Waals surface area contributed by atoms with Gasteiger partial charge in [0, 0.05) is 0 Å². The standard InChI is InChI=1S/C14H12N2O3S/c1-2-5-15-14-16-13(17)12(20-14)7-9-3-4-10-11(6-9)19-8-18-10/h2-4,6-7H,1,5,8H2,(H,15,16,17). The summed E-state index contributed by atoms with van der Waals surface area (Å²) in [5, 5.41) is 3.31. The van der Waals surface area contributed by atoms with E-state index in [9.17, 15) is 4.79 Å². The number of hydrogen-bond donors (Lipinski definition) is 1. The van der Waals surface area contributed by atoms with Gasteiger partial charge in [-0.1, -0.05) is 12.1 Å². The van der Waals surface area contributed by atoms with Crippen LogP contribution in [0.4, 0.5) is 0 Å². The lowest BCUT2D eigenvalue weighted by atomic mass is 10.2. The van der Waals surface area contributed by atoms with E-state index in [1.54, 1.807) is 12.2 Å². The van der Waals surface area contributed by atoms with Crippen molar-refractivity contribution in [2.45, 2.75) is 0 Å². The van der Waals surface area contributed by atoms with Gasteiger partial charge < -0.3 is 14.8 Å². The molecule has 5 nitrogen and oxygen atoms in total. The Kier molecular flexibility index (Phi) is 3.47.